The summed E-state index contributed by atoms with van der Waals surface area (Å²) in [6.07, 6.45) is 4.97. The molecule has 0 saturated heterocycles. The molecule has 4 aliphatic carbocycles. The van der Waals surface area contributed by atoms with Crippen molar-refractivity contribution in [2.24, 2.45) is 23.2 Å². The second-order valence-corrected chi connectivity index (χ2v) is 8.06. The van der Waals surface area contributed by atoms with Gasteiger partial charge in [0.05, 0.1) is 24.6 Å². The fraction of sp³-hybridized carbons (Fsp3) is 0.632. The van der Waals surface area contributed by atoms with E-state index in [9.17, 15) is 14.9 Å². The number of nitrogens with zero attached hydrogens (tertiary/aromatic N) is 1. The Morgan fingerprint density at radius 3 is 2.50 bits per heavy atom. The van der Waals surface area contributed by atoms with E-state index in [2.05, 4.69) is 5.32 Å². The van der Waals surface area contributed by atoms with Gasteiger partial charge in [0.15, 0.2) is 5.75 Å². The minimum absolute atomic E-state index is 0.0345. The monoisotopic (exact) mass is 360 g/mol. The van der Waals surface area contributed by atoms with Crippen molar-refractivity contribution < 1.29 is 19.2 Å². The quantitative estimate of drug-likeness (QED) is 0.492. The summed E-state index contributed by atoms with van der Waals surface area (Å²) in [5.41, 5.74) is 0.501. The molecule has 0 aliphatic heterocycles. The maximum absolute atomic E-state index is 12.4. The molecule has 4 fully saturated rings. The van der Waals surface area contributed by atoms with Crippen molar-refractivity contribution >= 4 is 17.3 Å². The molecule has 1 aromatic rings. The molecule has 1 N–H and O–H groups in total. The van der Waals surface area contributed by atoms with Gasteiger partial charge in [-0.3, -0.25) is 14.9 Å². The lowest BCUT2D eigenvalue weighted by Crippen LogP contribution is -2.58. The number of nitro benzene ring substituents is 1. The smallest absolute Gasteiger partial charge is 0.311 e. The van der Waals surface area contributed by atoms with Crippen LogP contribution >= 0.6 is 0 Å². The van der Waals surface area contributed by atoms with E-state index in [1.807, 2.05) is 0 Å². The third kappa shape index (κ3) is 2.61. The van der Waals surface area contributed by atoms with Crippen LogP contribution in [-0.4, -0.2) is 31.2 Å². The molecular weight excluding hydrogens is 336 g/mol. The van der Waals surface area contributed by atoms with Crippen LogP contribution in [0.15, 0.2) is 18.2 Å². The molecule has 0 spiro atoms. The van der Waals surface area contributed by atoms with Crippen LogP contribution in [0.3, 0.4) is 0 Å². The first-order valence-corrected chi connectivity index (χ1v) is 9.13. The maximum atomic E-state index is 12.4. The van der Waals surface area contributed by atoms with E-state index < -0.39 is 4.92 Å². The first-order chi connectivity index (χ1) is 12.5. The predicted octanol–water partition coefficient (Wildman–Crippen LogP) is 3.38. The number of carbonyl (C=O) groups is 1. The van der Waals surface area contributed by atoms with Crippen molar-refractivity contribution in [1.29, 1.82) is 0 Å². The number of rotatable bonds is 5. The molecule has 0 heterocycles. The van der Waals surface area contributed by atoms with Crippen molar-refractivity contribution in [3.05, 3.63) is 28.3 Å². The number of anilines is 1. The molecule has 0 radical (unpaired) electrons. The van der Waals surface area contributed by atoms with E-state index in [0.29, 0.717) is 17.8 Å². The zero-order valence-corrected chi connectivity index (χ0v) is 15.1. The number of methoxy groups -OCH3 is 2. The van der Waals surface area contributed by atoms with E-state index in [-0.39, 0.29) is 28.9 Å². The minimum atomic E-state index is -0.439. The van der Waals surface area contributed by atoms with Crippen LogP contribution in [0.2, 0.25) is 0 Å². The molecule has 0 amide bonds. The Hall–Kier alpha value is -2.31. The minimum Gasteiger partial charge on any atom is -0.490 e. The van der Waals surface area contributed by atoms with E-state index in [4.69, 9.17) is 9.47 Å². The Kier molecular flexibility index (Phi) is 4.04. The van der Waals surface area contributed by atoms with Gasteiger partial charge in [0.2, 0.25) is 0 Å². The Morgan fingerprint density at radius 1 is 1.23 bits per heavy atom. The van der Waals surface area contributed by atoms with Crippen molar-refractivity contribution in [2.45, 2.75) is 38.1 Å². The van der Waals surface area contributed by atoms with E-state index in [0.717, 1.165) is 37.8 Å². The number of ether oxygens (including phenoxy) is 2. The molecule has 4 bridgehead atoms. The highest BCUT2D eigenvalue weighted by molar-refractivity contribution is 5.77. The highest BCUT2D eigenvalue weighted by atomic mass is 16.6. The van der Waals surface area contributed by atoms with Gasteiger partial charge in [-0.25, -0.2) is 0 Å². The van der Waals surface area contributed by atoms with Crippen molar-refractivity contribution in [3.8, 4) is 5.75 Å². The molecule has 4 aliphatic rings. The van der Waals surface area contributed by atoms with Gasteiger partial charge in [-0.1, -0.05) is 0 Å². The molecule has 4 saturated carbocycles. The maximum Gasteiger partial charge on any atom is 0.311 e. The van der Waals surface area contributed by atoms with Gasteiger partial charge in [-0.15, -0.1) is 0 Å². The lowest BCUT2D eigenvalue weighted by molar-refractivity contribution is -0.385. The number of hydrogen-bond acceptors (Lipinski definition) is 6. The summed E-state index contributed by atoms with van der Waals surface area (Å²) in [5.74, 6) is 1.68. The number of esters is 1. The van der Waals surface area contributed by atoms with Gasteiger partial charge in [0.1, 0.15) is 0 Å². The van der Waals surface area contributed by atoms with E-state index >= 15 is 0 Å². The summed E-state index contributed by atoms with van der Waals surface area (Å²) in [7, 11) is 2.93. The Morgan fingerprint density at radius 2 is 1.92 bits per heavy atom. The second kappa shape index (κ2) is 6.14. The molecular formula is C19H24N2O5. The van der Waals surface area contributed by atoms with Crippen LogP contribution in [0.5, 0.6) is 5.75 Å². The summed E-state index contributed by atoms with van der Waals surface area (Å²) in [6.45, 7) is 0. The summed E-state index contributed by atoms with van der Waals surface area (Å²) < 4.78 is 10.3. The molecule has 2 unspecified atom stereocenters. The molecule has 7 nitrogen and oxygen atoms in total. The van der Waals surface area contributed by atoms with Crippen LogP contribution in [0.25, 0.3) is 0 Å². The fourth-order valence-corrected chi connectivity index (χ4v) is 5.84. The van der Waals surface area contributed by atoms with Gasteiger partial charge >= 0.3 is 11.7 Å². The molecule has 140 valence electrons. The van der Waals surface area contributed by atoms with Crippen LogP contribution in [0, 0.1) is 33.3 Å². The SMILES string of the molecule is COC(=O)C12CC3CC(C1)C(Nc1ccc([N+](=O)[O-])c(OC)c1)C(C3)C2. The highest BCUT2D eigenvalue weighted by Crippen LogP contribution is 2.61. The average Bonchev–Trinajstić information content (AvgIpc) is 2.63. The predicted molar refractivity (Wildman–Crippen MR) is 95.1 cm³/mol. The average molecular weight is 360 g/mol. The fourth-order valence-electron chi connectivity index (χ4n) is 5.84. The Bertz CT molecular complexity index is 733. The van der Waals surface area contributed by atoms with Crippen LogP contribution < -0.4 is 10.1 Å². The van der Waals surface area contributed by atoms with Gasteiger partial charge in [-0.2, -0.15) is 0 Å². The van der Waals surface area contributed by atoms with Gasteiger partial charge in [-0.05, 0) is 55.9 Å². The van der Waals surface area contributed by atoms with Gasteiger partial charge in [0.25, 0.3) is 0 Å². The molecule has 0 aromatic heterocycles. The summed E-state index contributed by atoms with van der Waals surface area (Å²) in [4.78, 5) is 23.0. The Balaban J connectivity index is 1.56. The van der Waals surface area contributed by atoms with E-state index in [1.54, 1.807) is 12.1 Å². The number of hydrogen-bond donors (Lipinski definition) is 1. The Labute approximate surface area is 152 Å². The van der Waals surface area contributed by atoms with Crippen molar-refractivity contribution in [2.75, 3.05) is 19.5 Å². The number of nitro groups is 1. The van der Waals surface area contributed by atoms with Crippen molar-refractivity contribution in [3.63, 3.8) is 0 Å². The third-order valence-electron chi connectivity index (χ3n) is 6.60. The molecule has 2 atom stereocenters. The molecule has 1 aromatic carbocycles. The first kappa shape index (κ1) is 17.1. The second-order valence-electron chi connectivity index (χ2n) is 8.06. The lowest BCUT2D eigenvalue weighted by Gasteiger charge is -2.58. The molecule has 7 heteroatoms. The van der Waals surface area contributed by atoms with Gasteiger partial charge in [0, 0.05) is 23.9 Å². The lowest BCUT2D eigenvalue weighted by atomic mass is 9.48. The number of benzene rings is 1. The van der Waals surface area contributed by atoms with Crippen LogP contribution in [0.1, 0.15) is 32.1 Å². The summed E-state index contributed by atoms with van der Waals surface area (Å²) in [5, 5.41) is 14.7. The van der Waals surface area contributed by atoms with Gasteiger partial charge < -0.3 is 14.8 Å². The normalized spacial score (nSPS) is 34.4. The largest absolute Gasteiger partial charge is 0.490 e. The highest BCUT2D eigenvalue weighted by Gasteiger charge is 2.59. The van der Waals surface area contributed by atoms with Crippen LogP contribution in [0.4, 0.5) is 11.4 Å². The number of carbonyl (C=O) groups excluding carboxylic acids is 1. The summed E-state index contributed by atoms with van der Waals surface area (Å²) >= 11 is 0. The standard InChI is InChI=1S/C19H24N2O5/c1-25-16-7-14(3-4-15(16)21(23)24)20-17-12-5-11-6-13(17)10-19(8-11,9-12)18(22)26-2/h3-4,7,11-13,17,20H,5-6,8-10H2,1-2H3. The zero-order valence-electron chi connectivity index (χ0n) is 15.1. The van der Waals surface area contributed by atoms with E-state index in [1.165, 1.54) is 20.3 Å². The first-order valence-electron chi connectivity index (χ1n) is 9.13. The van der Waals surface area contributed by atoms with Crippen molar-refractivity contribution in [1.82, 2.24) is 0 Å². The number of nitrogens with one attached hydrogen (secondary N) is 1. The topological polar surface area (TPSA) is 90.7 Å². The summed E-state index contributed by atoms with van der Waals surface area (Å²) in [6, 6.07) is 5.20. The molecule has 26 heavy (non-hydrogen) atoms. The molecule has 5 rings (SSSR count). The zero-order chi connectivity index (χ0) is 18.5. The third-order valence-corrected chi connectivity index (χ3v) is 6.60. The van der Waals surface area contributed by atoms with Crippen LogP contribution in [-0.2, 0) is 9.53 Å².